The van der Waals surface area contributed by atoms with Crippen LogP contribution in [-0.4, -0.2) is 24.6 Å². The smallest absolute Gasteiger partial charge is 0.344 e. The average molecular weight is 338 g/mol. The first-order valence-corrected chi connectivity index (χ1v) is 7.68. The Bertz CT molecular complexity index is 811. The first-order valence-electron chi connectivity index (χ1n) is 7.68. The van der Waals surface area contributed by atoms with Gasteiger partial charge in [-0.1, -0.05) is 24.3 Å². The summed E-state index contributed by atoms with van der Waals surface area (Å²) in [6.07, 6.45) is -1.01. The maximum Gasteiger partial charge on any atom is 0.344 e. The fourth-order valence-corrected chi connectivity index (χ4v) is 2.06. The van der Waals surface area contributed by atoms with Crippen LogP contribution in [0.3, 0.4) is 0 Å². The van der Waals surface area contributed by atoms with E-state index >= 15 is 0 Å². The number of rotatable bonds is 6. The zero-order chi connectivity index (χ0) is 18.2. The van der Waals surface area contributed by atoms with Crippen molar-refractivity contribution in [3.8, 4) is 11.8 Å². The minimum Gasteiger partial charge on any atom is -0.482 e. The minimum atomic E-state index is -1.01. The van der Waals surface area contributed by atoms with Gasteiger partial charge in [0.25, 0.3) is 5.91 Å². The molecule has 2 aromatic rings. The van der Waals surface area contributed by atoms with E-state index in [-0.39, 0.29) is 6.61 Å². The van der Waals surface area contributed by atoms with Crippen LogP contribution >= 0.6 is 0 Å². The number of esters is 1. The zero-order valence-electron chi connectivity index (χ0n) is 14.0. The molecule has 0 bridgehead atoms. The van der Waals surface area contributed by atoms with Crippen molar-refractivity contribution >= 4 is 17.6 Å². The Labute approximate surface area is 146 Å². The molecule has 0 radical (unpaired) electrons. The largest absolute Gasteiger partial charge is 0.482 e. The van der Waals surface area contributed by atoms with Gasteiger partial charge in [0.15, 0.2) is 12.7 Å². The number of aryl methyl sites for hydroxylation is 1. The summed E-state index contributed by atoms with van der Waals surface area (Å²) in [5.41, 5.74) is 1.71. The Hall–Kier alpha value is -3.33. The Balaban J connectivity index is 1.86. The van der Waals surface area contributed by atoms with E-state index in [1.54, 1.807) is 36.4 Å². The van der Waals surface area contributed by atoms with Gasteiger partial charge in [-0.2, -0.15) is 5.26 Å². The normalized spacial score (nSPS) is 11.1. The van der Waals surface area contributed by atoms with E-state index in [0.717, 1.165) is 5.56 Å². The molecule has 0 saturated carbocycles. The molecule has 0 aliphatic heterocycles. The number of anilines is 1. The molecule has 6 heteroatoms. The Kier molecular flexibility index (Phi) is 6.13. The number of nitriles is 1. The molecule has 2 aromatic carbocycles. The monoisotopic (exact) mass is 338 g/mol. The maximum absolute atomic E-state index is 12.1. The number of benzene rings is 2. The first kappa shape index (κ1) is 18.0. The van der Waals surface area contributed by atoms with Crippen LogP contribution in [-0.2, 0) is 14.3 Å². The fraction of sp³-hybridized carbons (Fsp3) is 0.211. The number of ether oxygens (including phenoxy) is 2. The Morgan fingerprint density at radius 1 is 1.20 bits per heavy atom. The molecule has 1 amide bonds. The van der Waals surface area contributed by atoms with Crippen LogP contribution in [0.25, 0.3) is 0 Å². The van der Waals surface area contributed by atoms with E-state index in [0.29, 0.717) is 17.0 Å². The molecular weight excluding hydrogens is 320 g/mol. The molecule has 1 atom stereocenters. The van der Waals surface area contributed by atoms with Crippen LogP contribution in [0.15, 0.2) is 48.5 Å². The van der Waals surface area contributed by atoms with Gasteiger partial charge in [0.1, 0.15) is 11.8 Å². The summed E-state index contributed by atoms with van der Waals surface area (Å²) in [5, 5.41) is 11.6. The van der Waals surface area contributed by atoms with Gasteiger partial charge in [0.2, 0.25) is 0 Å². The topological polar surface area (TPSA) is 88.4 Å². The van der Waals surface area contributed by atoms with E-state index in [9.17, 15) is 9.59 Å². The van der Waals surface area contributed by atoms with E-state index in [1.807, 2.05) is 25.1 Å². The summed E-state index contributed by atoms with van der Waals surface area (Å²) in [5.74, 6) is -0.624. The number of carbonyl (C=O) groups excluding carboxylic acids is 2. The summed E-state index contributed by atoms with van der Waals surface area (Å²) in [6, 6.07) is 15.8. The molecule has 25 heavy (non-hydrogen) atoms. The second-order valence-corrected chi connectivity index (χ2v) is 5.38. The van der Waals surface area contributed by atoms with E-state index in [2.05, 4.69) is 5.32 Å². The lowest BCUT2D eigenvalue weighted by Crippen LogP contribution is -2.31. The number of carbonyl (C=O) groups is 2. The summed E-state index contributed by atoms with van der Waals surface area (Å²) in [7, 11) is 0. The predicted octanol–water partition coefficient (Wildman–Crippen LogP) is 2.82. The molecule has 0 aromatic heterocycles. The maximum atomic E-state index is 12.1. The van der Waals surface area contributed by atoms with Crippen LogP contribution in [0.1, 0.15) is 18.1 Å². The number of para-hydroxylation sites is 1. The van der Waals surface area contributed by atoms with Crippen LogP contribution in [0.2, 0.25) is 0 Å². The third kappa shape index (κ3) is 5.36. The average Bonchev–Trinajstić information content (AvgIpc) is 2.60. The van der Waals surface area contributed by atoms with Crippen molar-refractivity contribution in [2.75, 3.05) is 11.9 Å². The van der Waals surface area contributed by atoms with E-state index < -0.39 is 18.0 Å². The Morgan fingerprint density at radius 2 is 1.96 bits per heavy atom. The van der Waals surface area contributed by atoms with Gasteiger partial charge in [-0.15, -0.1) is 0 Å². The lowest BCUT2D eigenvalue weighted by Gasteiger charge is -2.14. The number of nitrogens with one attached hydrogen (secondary N) is 1. The minimum absolute atomic E-state index is 0.296. The number of nitrogens with zero attached hydrogens (tertiary/aromatic N) is 1. The number of hydrogen-bond acceptors (Lipinski definition) is 5. The third-order valence-corrected chi connectivity index (χ3v) is 3.33. The lowest BCUT2D eigenvalue weighted by molar-refractivity contribution is -0.155. The van der Waals surface area contributed by atoms with Gasteiger partial charge in [-0.05, 0) is 43.7 Å². The number of hydrogen-bond donors (Lipinski definition) is 1. The molecular formula is C19H18N2O4. The second-order valence-electron chi connectivity index (χ2n) is 5.38. The van der Waals surface area contributed by atoms with Crippen molar-refractivity contribution in [3.05, 3.63) is 59.7 Å². The number of amides is 1. The summed E-state index contributed by atoms with van der Waals surface area (Å²) in [6.45, 7) is 3.07. The highest BCUT2D eigenvalue weighted by Gasteiger charge is 2.19. The molecule has 0 fully saturated rings. The van der Waals surface area contributed by atoms with Crippen molar-refractivity contribution in [1.29, 1.82) is 5.26 Å². The van der Waals surface area contributed by atoms with Crippen molar-refractivity contribution in [3.63, 3.8) is 0 Å². The van der Waals surface area contributed by atoms with Crippen LogP contribution in [0, 0.1) is 18.3 Å². The zero-order valence-corrected chi connectivity index (χ0v) is 14.0. The van der Waals surface area contributed by atoms with E-state index in [4.69, 9.17) is 14.7 Å². The van der Waals surface area contributed by atoms with E-state index in [1.165, 1.54) is 6.92 Å². The molecule has 0 spiro atoms. The van der Waals surface area contributed by atoms with Gasteiger partial charge in [0.05, 0.1) is 11.3 Å². The highest BCUT2D eigenvalue weighted by atomic mass is 16.6. The SMILES string of the molecule is Cc1cccc(OCC(=O)OC(C)C(=O)Nc2ccccc2C#N)c1. The van der Waals surface area contributed by atoms with Gasteiger partial charge < -0.3 is 14.8 Å². The molecule has 1 unspecified atom stereocenters. The lowest BCUT2D eigenvalue weighted by atomic mass is 10.2. The summed E-state index contributed by atoms with van der Waals surface area (Å²) < 4.78 is 10.4. The summed E-state index contributed by atoms with van der Waals surface area (Å²) in [4.78, 5) is 23.9. The Morgan fingerprint density at radius 3 is 2.68 bits per heavy atom. The van der Waals surface area contributed by atoms with Crippen molar-refractivity contribution in [1.82, 2.24) is 0 Å². The van der Waals surface area contributed by atoms with Crippen LogP contribution < -0.4 is 10.1 Å². The van der Waals surface area contributed by atoms with Crippen molar-refractivity contribution in [2.24, 2.45) is 0 Å². The summed E-state index contributed by atoms with van der Waals surface area (Å²) >= 11 is 0. The molecule has 0 saturated heterocycles. The molecule has 1 N–H and O–H groups in total. The van der Waals surface area contributed by atoms with Crippen molar-refractivity contribution in [2.45, 2.75) is 20.0 Å². The molecule has 6 nitrogen and oxygen atoms in total. The molecule has 2 rings (SSSR count). The first-order chi connectivity index (χ1) is 12.0. The molecule has 0 aliphatic rings. The quantitative estimate of drug-likeness (QED) is 0.818. The highest BCUT2D eigenvalue weighted by molar-refractivity contribution is 5.96. The standard InChI is InChI=1S/C19H18N2O4/c1-13-6-5-8-16(10-13)24-12-18(22)25-14(2)19(23)21-17-9-4-3-7-15(17)11-20/h3-10,14H,12H2,1-2H3,(H,21,23). The second kappa shape index (κ2) is 8.50. The van der Waals surface area contributed by atoms with Crippen LogP contribution in [0.4, 0.5) is 5.69 Å². The van der Waals surface area contributed by atoms with Gasteiger partial charge >= 0.3 is 5.97 Å². The molecule has 128 valence electrons. The predicted molar refractivity (Wildman–Crippen MR) is 92.0 cm³/mol. The molecule has 0 aliphatic carbocycles. The third-order valence-electron chi connectivity index (χ3n) is 3.33. The van der Waals surface area contributed by atoms with Crippen molar-refractivity contribution < 1.29 is 19.1 Å². The highest BCUT2D eigenvalue weighted by Crippen LogP contribution is 2.15. The fourth-order valence-electron chi connectivity index (χ4n) is 2.06. The van der Waals surface area contributed by atoms with Gasteiger partial charge in [0, 0.05) is 0 Å². The van der Waals surface area contributed by atoms with Crippen LogP contribution in [0.5, 0.6) is 5.75 Å². The van der Waals surface area contributed by atoms with Gasteiger partial charge in [-0.25, -0.2) is 4.79 Å². The molecule has 0 heterocycles. The van der Waals surface area contributed by atoms with Gasteiger partial charge in [-0.3, -0.25) is 4.79 Å².